The Morgan fingerprint density at radius 2 is 1.84 bits per heavy atom. The maximum Gasteiger partial charge on any atom is 0.251 e. The molecule has 0 bridgehead atoms. The third-order valence-corrected chi connectivity index (χ3v) is 4.94. The smallest absolute Gasteiger partial charge is 0.251 e. The fourth-order valence-electron chi connectivity index (χ4n) is 2.62. The molecule has 0 aromatic heterocycles. The zero-order valence-electron chi connectivity index (χ0n) is 11.5. The number of amides is 1. The molecule has 0 unspecified atom stereocenters. The van der Waals surface area contributed by atoms with Crippen LogP contribution in [0.3, 0.4) is 0 Å². The number of nitrogens with one attached hydrogen (secondary N) is 1. The zero-order valence-corrected chi connectivity index (χ0v) is 13.1. The van der Waals surface area contributed by atoms with Crippen LogP contribution in [0.4, 0.5) is 0 Å². The van der Waals surface area contributed by atoms with Gasteiger partial charge in [-0.2, -0.15) is 0 Å². The van der Waals surface area contributed by atoms with Gasteiger partial charge in [-0.3, -0.25) is 4.79 Å². The second-order valence-electron chi connectivity index (χ2n) is 5.40. The highest BCUT2D eigenvalue weighted by Crippen LogP contribution is 2.25. The highest BCUT2D eigenvalue weighted by atomic mass is 79.9. The molecule has 0 radical (unpaired) electrons. The lowest BCUT2D eigenvalue weighted by molar-refractivity contribution is 0.0923. The average molecular weight is 324 g/mol. The van der Waals surface area contributed by atoms with Crippen LogP contribution >= 0.6 is 15.9 Å². The number of benzene rings is 1. The Morgan fingerprint density at radius 3 is 2.37 bits per heavy atom. The van der Waals surface area contributed by atoms with Crippen LogP contribution in [-0.2, 0) is 6.42 Å². The summed E-state index contributed by atoms with van der Waals surface area (Å²) in [7, 11) is 0. The monoisotopic (exact) mass is 323 g/mol. The van der Waals surface area contributed by atoms with Gasteiger partial charge in [0.05, 0.1) is 0 Å². The summed E-state index contributed by atoms with van der Waals surface area (Å²) in [4.78, 5) is 12.1. The standard InChI is InChI=1S/C16H22BrNO/c1-2-12-3-7-14(8-4-12)16(19)18-15-9-5-13(11-17)6-10-15/h3-4,7-8,13,15H,2,5-6,9-11H2,1H3,(H,18,19). The minimum absolute atomic E-state index is 0.0740. The van der Waals surface area contributed by atoms with Crippen LogP contribution in [0.15, 0.2) is 24.3 Å². The highest BCUT2D eigenvalue weighted by Gasteiger charge is 2.21. The van der Waals surface area contributed by atoms with Gasteiger partial charge >= 0.3 is 0 Å². The first-order chi connectivity index (χ1) is 9.22. The van der Waals surface area contributed by atoms with Crippen molar-refractivity contribution >= 4 is 21.8 Å². The van der Waals surface area contributed by atoms with Crippen LogP contribution in [-0.4, -0.2) is 17.3 Å². The molecule has 104 valence electrons. The normalized spacial score (nSPS) is 23.1. The summed E-state index contributed by atoms with van der Waals surface area (Å²) in [5.41, 5.74) is 2.05. The fraction of sp³-hybridized carbons (Fsp3) is 0.562. The maximum absolute atomic E-state index is 12.1. The van der Waals surface area contributed by atoms with Gasteiger partial charge in [0, 0.05) is 16.9 Å². The maximum atomic E-state index is 12.1. The van der Waals surface area contributed by atoms with Gasteiger partial charge in [0.1, 0.15) is 0 Å². The predicted molar refractivity (Wildman–Crippen MR) is 82.8 cm³/mol. The summed E-state index contributed by atoms with van der Waals surface area (Å²) in [6.07, 6.45) is 5.65. The van der Waals surface area contributed by atoms with Crippen molar-refractivity contribution in [3.63, 3.8) is 0 Å². The molecule has 3 heteroatoms. The number of carbonyl (C=O) groups is 1. The topological polar surface area (TPSA) is 29.1 Å². The number of carbonyl (C=O) groups excluding carboxylic acids is 1. The molecule has 19 heavy (non-hydrogen) atoms. The van der Waals surface area contributed by atoms with E-state index in [1.165, 1.54) is 18.4 Å². The highest BCUT2D eigenvalue weighted by molar-refractivity contribution is 9.09. The predicted octanol–water partition coefficient (Wildman–Crippen LogP) is 3.93. The number of halogens is 1. The van der Waals surface area contributed by atoms with Crippen molar-refractivity contribution in [2.75, 3.05) is 5.33 Å². The van der Waals surface area contributed by atoms with Crippen LogP contribution in [0, 0.1) is 5.92 Å². The molecule has 1 amide bonds. The second-order valence-corrected chi connectivity index (χ2v) is 6.04. The zero-order chi connectivity index (χ0) is 13.7. The molecular weight excluding hydrogens is 302 g/mol. The summed E-state index contributed by atoms with van der Waals surface area (Å²) >= 11 is 3.54. The minimum atomic E-state index is 0.0740. The van der Waals surface area contributed by atoms with E-state index in [4.69, 9.17) is 0 Å². The van der Waals surface area contributed by atoms with E-state index in [0.29, 0.717) is 6.04 Å². The lowest BCUT2D eigenvalue weighted by Gasteiger charge is -2.28. The molecule has 2 rings (SSSR count). The Labute approximate surface area is 124 Å². The largest absolute Gasteiger partial charge is 0.349 e. The molecule has 1 aromatic rings. The molecule has 0 aliphatic heterocycles. The van der Waals surface area contributed by atoms with E-state index < -0.39 is 0 Å². The molecule has 2 nitrogen and oxygen atoms in total. The molecule has 0 saturated heterocycles. The first kappa shape index (κ1) is 14.6. The number of rotatable bonds is 4. The SMILES string of the molecule is CCc1ccc(C(=O)NC2CCC(CBr)CC2)cc1. The van der Waals surface area contributed by atoms with Gasteiger partial charge in [-0.05, 0) is 55.7 Å². The van der Waals surface area contributed by atoms with Crippen LogP contribution in [0.1, 0.15) is 48.5 Å². The summed E-state index contributed by atoms with van der Waals surface area (Å²) in [5.74, 6) is 0.863. The first-order valence-electron chi connectivity index (χ1n) is 7.18. The van der Waals surface area contributed by atoms with Crippen molar-refractivity contribution in [3.05, 3.63) is 35.4 Å². The average Bonchev–Trinajstić information content (AvgIpc) is 2.48. The number of hydrogen-bond acceptors (Lipinski definition) is 1. The van der Waals surface area contributed by atoms with Crippen LogP contribution in [0.5, 0.6) is 0 Å². The van der Waals surface area contributed by atoms with Gasteiger partial charge in [0.2, 0.25) is 0 Å². The van der Waals surface area contributed by atoms with Gasteiger partial charge in [0.15, 0.2) is 0 Å². The molecular formula is C16H22BrNO. The van der Waals surface area contributed by atoms with Gasteiger partial charge < -0.3 is 5.32 Å². The Balaban J connectivity index is 1.87. The Hall–Kier alpha value is -0.830. The Morgan fingerprint density at radius 1 is 1.21 bits per heavy atom. The van der Waals surface area contributed by atoms with Crippen molar-refractivity contribution in [1.82, 2.24) is 5.32 Å². The van der Waals surface area contributed by atoms with Gasteiger partial charge in [-0.25, -0.2) is 0 Å². The van der Waals surface area contributed by atoms with E-state index in [1.54, 1.807) is 0 Å². The van der Waals surface area contributed by atoms with Crippen molar-refractivity contribution in [3.8, 4) is 0 Å². The third-order valence-electron chi connectivity index (χ3n) is 4.02. The van der Waals surface area contributed by atoms with Gasteiger partial charge in [-0.15, -0.1) is 0 Å². The summed E-state index contributed by atoms with van der Waals surface area (Å²) in [6, 6.07) is 8.29. The van der Waals surface area contributed by atoms with Gasteiger partial charge in [0.25, 0.3) is 5.91 Å². The minimum Gasteiger partial charge on any atom is -0.349 e. The molecule has 1 saturated carbocycles. The van der Waals surface area contributed by atoms with Gasteiger partial charge in [-0.1, -0.05) is 35.0 Å². The Bertz CT molecular complexity index is 407. The molecule has 0 spiro atoms. The van der Waals surface area contributed by atoms with Crippen molar-refractivity contribution in [2.45, 2.75) is 45.1 Å². The van der Waals surface area contributed by atoms with Crippen LogP contribution in [0.25, 0.3) is 0 Å². The summed E-state index contributed by atoms with van der Waals surface area (Å²) in [6.45, 7) is 2.12. The lowest BCUT2D eigenvalue weighted by Crippen LogP contribution is -2.37. The lowest BCUT2D eigenvalue weighted by atomic mass is 9.87. The van der Waals surface area contributed by atoms with E-state index >= 15 is 0 Å². The van der Waals surface area contributed by atoms with Crippen molar-refractivity contribution < 1.29 is 4.79 Å². The van der Waals surface area contributed by atoms with E-state index in [2.05, 4.69) is 28.2 Å². The molecule has 1 fully saturated rings. The van der Waals surface area contributed by atoms with E-state index in [1.807, 2.05) is 24.3 Å². The molecule has 0 atom stereocenters. The number of aryl methyl sites for hydroxylation is 1. The number of hydrogen-bond donors (Lipinski definition) is 1. The molecule has 1 aliphatic rings. The van der Waals surface area contributed by atoms with Crippen molar-refractivity contribution in [1.29, 1.82) is 0 Å². The molecule has 1 N–H and O–H groups in total. The van der Waals surface area contributed by atoms with E-state index in [-0.39, 0.29) is 5.91 Å². The quantitative estimate of drug-likeness (QED) is 0.835. The van der Waals surface area contributed by atoms with Crippen LogP contribution < -0.4 is 5.32 Å². The fourth-order valence-corrected chi connectivity index (χ4v) is 3.27. The third kappa shape index (κ3) is 4.07. The van der Waals surface area contributed by atoms with Crippen LogP contribution in [0.2, 0.25) is 0 Å². The second kappa shape index (κ2) is 7.09. The molecule has 1 aromatic carbocycles. The van der Waals surface area contributed by atoms with E-state index in [0.717, 1.165) is 36.1 Å². The number of alkyl halides is 1. The Kier molecular flexibility index (Phi) is 5.44. The molecule has 0 heterocycles. The van der Waals surface area contributed by atoms with Crippen molar-refractivity contribution in [2.24, 2.45) is 5.92 Å². The summed E-state index contributed by atoms with van der Waals surface area (Å²) < 4.78 is 0. The van der Waals surface area contributed by atoms with E-state index in [9.17, 15) is 4.79 Å². The summed E-state index contributed by atoms with van der Waals surface area (Å²) in [5, 5.41) is 4.25. The first-order valence-corrected chi connectivity index (χ1v) is 8.30. The molecule has 1 aliphatic carbocycles.